The highest BCUT2D eigenvalue weighted by Crippen LogP contribution is 1.69. The van der Waals surface area contributed by atoms with E-state index in [2.05, 4.69) is 10.3 Å². The molecule has 0 aromatic carbocycles. The van der Waals surface area contributed by atoms with Crippen molar-refractivity contribution in [3.8, 4) is 0 Å². The van der Waals surface area contributed by atoms with Gasteiger partial charge in [-0.05, 0) is 6.92 Å². The summed E-state index contributed by atoms with van der Waals surface area (Å²) < 4.78 is 4.78. The number of hydrogen-bond donors (Lipinski definition) is 1. The first-order valence-corrected chi connectivity index (χ1v) is 2.59. The Morgan fingerprint density at radius 2 is 2.38 bits per heavy atom. The van der Waals surface area contributed by atoms with Crippen LogP contribution in [-0.2, 0) is 4.74 Å². The van der Waals surface area contributed by atoms with Crippen molar-refractivity contribution in [2.24, 2.45) is 4.99 Å². The van der Waals surface area contributed by atoms with Gasteiger partial charge in [0.25, 0.3) is 6.02 Å². The molecule has 0 fully saturated rings. The van der Waals surface area contributed by atoms with Gasteiger partial charge in [-0.1, -0.05) is 0 Å². The molecule has 0 saturated carbocycles. The molecular formula is C5H12N2O. The molecule has 1 N–H and O–H groups in total. The van der Waals surface area contributed by atoms with Gasteiger partial charge in [-0.2, -0.15) is 0 Å². The molecule has 0 saturated heterocycles. The molecular weight excluding hydrogens is 104 g/mol. The van der Waals surface area contributed by atoms with Crippen LogP contribution in [-0.4, -0.2) is 26.7 Å². The van der Waals surface area contributed by atoms with Gasteiger partial charge in [0.2, 0.25) is 0 Å². The molecule has 8 heavy (non-hydrogen) atoms. The number of hydrogen-bond acceptors (Lipinski definition) is 2. The molecule has 0 atom stereocenters. The van der Waals surface area contributed by atoms with Crippen molar-refractivity contribution >= 4 is 6.02 Å². The summed E-state index contributed by atoms with van der Waals surface area (Å²) in [6, 6.07) is 0.590. The van der Waals surface area contributed by atoms with Gasteiger partial charge in [-0.3, -0.25) is 0 Å². The maximum absolute atomic E-state index is 4.78. The van der Waals surface area contributed by atoms with Crippen LogP contribution in [0.5, 0.6) is 0 Å². The van der Waals surface area contributed by atoms with Gasteiger partial charge in [0.15, 0.2) is 0 Å². The zero-order chi connectivity index (χ0) is 6.41. The molecule has 0 heterocycles. The molecule has 3 heteroatoms. The van der Waals surface area contributed by atoms with Crippen molar-refractivity contribution in [1.82, 2.24) is 5.32 Å². The summed E-state index contributed by atoms with van der Waals surface area (Å²) in [7, 11) is 3.27. The summed E-state index contributed by atoms with van der Waals surface area (Å²) in [6.45, 7) is 2.84. The maximum atomic E-state index is 4.78. The number of ether oxygens (including phenoxy) is 1. The van der Waals surface area contributed by atoms with Crippen LogP contribution in [0.1, 0.15) is 6.92 Å². The van der Waals surface area contributed by atoms with Gasteiger partial charge in [0, 0.05) is 13.6 Å². The molecule has 3 nitrogen and oxygen atoms in total. The van der Waals surface area contributed by atoms with Gasteiger partial charge < -0.3 is 10.1 Å². The van der Waals surface area contributed by atoms with Gasteiger partial charge in [0.05, 0.1) is 7.11 Å². The lowest BCUT2D eigenvalue weighted by Crippen LogP contribution is -2.24. The third kappa shape index (κ3) is 2.44. The monoisotopic (exact) mass is 116 g/mol. The lowest BCUT2D eigenvalue weighted by atomic mass is 10.7. The Kier molecular flexibility index (Phi) is 4.03. The first-order chi connectivity index (χ1) is 3.85. The summed E-state index contributed by atoms with van der Waals surface area (Å²) in [5, 5.41) is 2.91. The normalized spacial score (nSPS) is 11.1. The molecule has 48 valence electrons. The Morgan fingerprint density at radius 1 is 1.75 bits per heavy atom. The van der Waals surface area contributed by atoms with Crippen LogP contribution in [0, 0.1) is 0 Å². The Hall–Kier alpha value is -0.730. The molecule has 0 spiro atoms. The molecule has 0 aliphatic heterocycles. The summed E-state index contributed by atoms with van der Waals surface area (Å²) in [4.78, 5) is 3.78. The van der Waals surface area contributed by atoms with Crippen molar-refractivity contribution in [1.29, 1.82) is 0 Å². The van der Waals surface area contributed by atoms with Gasteiger partial charge in [0.1, 0.15) is 0 Å². The lowest BCUT2D eigenvalue weighted by molar-refractivity contribution is 0.381. The predicted molar refractivity (Wildman–Crippen MR) is 34.0 cm³/mol. The van der Waals surface area contributed by atoms with E-state index in [-0.39, 0.29) is 0 Å². The SMILES string of the molecule is CCNC(=NC)OC. The quantitative estimate of drug-likeness (QED) is 0.393. The Morgan fingerprint density at radius 3 is 2.50 bits per heavy atom. The molecule has 0 rings (SSSR count). The topological polar surface area (TPSA) is 33.6 Å². The van der Waals surface area contributed by atoms with Gasteiger partial charge >= 0.3 is 0 Å². The van der Waals surface area contributed by atoms with Crippen molar-refractivity contribution < 1.29 is 4.74 Å². The molecule has 0 amide bonds. The highest BCUT2D eigenvalue weighted by Gasteiger charge is 1.87. The average molecular weight is 116 g/mol. The minimum absolute atomic E-state index is 0.590. The number of aliphatic imine (C=N–C) groups is 1. The summed E-state index contributed by atoms with van der Waals surface area (Å²) >= 11 is 0. The second-order valence-corrected chi connectivity index (χ2v) is 1.26. The minimum Gasteiger partial charge on any atom is -0.469 e. The Balaban J connectivity index is 3.38. The van der Waals surface area contributed by atoms with E-state index in [0.29, 0.717) is 6.02 Å². The molecule has 0 aliphatic rings. The van der Waals surface area contributed by atoms with E-state index < -0.39 is 0 Å². The summed E-state index contributed by atoms with van der Waals surface area (Å²) in [5.74, 6) is 0. The van der Waals surface area contributed by atoms with Crippen LogP contribution in [0.3, 0.4) is 0 Å². The van der Waals surface area contributed by atoms with Gasteiger partial charge in [-0.25, -0.2) is 4.99 Å². The average Bonchev–Trinajstić information content (AvgIpc) is 1.83. The molecule has 0 radical (unpaired) electrons. The summed E-state index contributed by atoms with van der Waals surface area (Å²) in [5.41, 5.74) is 0. The predicted octanol–water partition coefficient (Wildman–Crippen LogP) is 0.228. The number of amidine groups is 1. The first-order valence-electron chi connectivity index (χ1n) is 2.59. The van der Waals surface area contributed by atoms with E-state index in [4.69, 9.17) is 4.74 Å². The van der Waals surface area contributed by atoms with Crippen LogP contribution < -0.4 is 5.32 Å². The van der Waals surface area contributed by atoms with Crippen molar-refractivity contribution in [3.05, 3.63) is 0 Å². The standard InChI is InChI=1S/C5H12N2O/c1-4-7-5(6-2)8-3/h4H2,1-3H3,(H,6,7). The van der Waals surface area contributed by atoms with E-state index >= 15 is 0 Å². The summed E-state index contributed by atoms with van der Waals surface area (Å²) in [6.07, 6.45) is 0. The maximum Gasteiger partial charge on any atom is 0.284 e. The van der Waals surface area contributed by atoms with Gasteiger partial charge in [-0.15, -0.1) is 0 Å². The highest BCUT2D eigenvalue weighted by atomic mass is 16.5. The van der Waals surface area contributed by atoms with E-state index in [1.54, 1.807) is 14.2 Å². The van der Waals surface area contributed by atoms with Crippen molar-refractivity contribution in [2.75, 3.05) is 20.7 Å². The van der Waals surface area contributed by atoms with Crippen molar-refractivity contribution in [3.63, 3.8) is 0 Å². The lowest BCUT2D eigenvalue weighted by Gasteiger charge is -2.02. The Labute approximate surface area is 49.8 Å². The second kappa shape index (κ2) is 4.43. The number of rotatable bonds is 1. The Bertz CT molecular complexity index is 80.5. The molecule has 0 unspecified atom stereocenters. The van der Waals surface area contributed by atoms with Crippen LogP contribution in [0.4, 0.5) is 0 Å². The number of nitrogens with zero attached hydrogens (tertiary/aromatic N) is 1. The molecule has 0 aliphatic carbocycles. The third-order valence-electron chi connectivity index (χ3n) is 0.724. The third-order valence-corrected chi connectivity index (χ3v) is 0.724. The fourth-order valence-electron chi connectivity index (χ4n) is 0.394. The van der Waals surface area contributed by atoms with Crippen LogP contribution in [0.2, 0.25) is 0 Å². The fraction of sp³-hybridized carbons (Fsp3) is 0.800. The molecule has 0 aromatic rings. The molecule has 0 aromatic heterocycles. The van der Waals surface area contributed by atoms with E-state index in [1.165, 1.54) is 0 Å². The second-order valence-electron chi connectivity index (χ2n) is 1.26. The van der Waals surface area contributed by atoms with E-state index in [9.17, 15) is 0 Å². The fourth-order valence-corrected chi connectivity index (χ4v) is 0.394. The number of nitrogens with one attached hydrogen (secondary N) is 1. The van der Waals surface area contributed by atoms with Crippen LogP contribution in [0.15, 0.2) is 4.99 Å². The largest absolute Gasteiger partial charge is 0.469 e. The zero-order valence-electron chi connectivity index (χ0n) is 5.56. The smallest absolute Gasteiger partial charge is 0.284 e. The van der Waals surface area contributed by atoms with Crippen molar-refractivity contribution in [2.45, 2.75) is 6.92 Å². The number of methoxy groups -OCH3 is 1. The van der Waals surface area contributed by atoms with E-state index in [0.717, 1.165) is 6.54 Å². The zero-order valence-corrected chi connectivity index (χ0v) is 5.56. The van der Waals surface area contributed by atoms with E-state index in [1.807, 2.05) is 6.92 Å². The van der Waals surface area contributed by atoms with Crippen LogP contribution >= 0.6 is 0 Å². The molecule has 0 bridgehead atoms. The first kappa shape index (κ1) is 7.27. The highest BCUT2D eigenvalue weighted by molar-refractivity contribution is 5.72. The van der Waals surface area contributed by atoms with Crippen LogP contribution in [0.25, 0.3) is 0 Å². The minimum atomic E-state index is 0.590.